The highest BCUT2D eigenvalue weighted by atomic mass is 35.5. The van der Waals surface area contributed by atoms with Crippen molar-refractivity contribution in [1.82, 2.24) is 15.5 Å². The monoisotopic (exact) mass is 408 g/mol. The largest absolute Gasteiger partial charge is 0.344 e. The van der Waals surface area contributed by atoms with Gasteiger partial charge in [0.2, 0.25) is 16.9 Å². The quantitative estimate of drug-likeness (QED) is 0.681. The molecule has 0 saturated carbocycles. The van der Waals surface area contributed by atoms with E-state index in [2.05, 4.69) is 20.8 Å². The molecule has 0 radical (unpaired) electrons. The summed E-state index contributed by atoms with van der Waals surface area (Å²) in [6.45, 7) is 9.24. The van der Waals surface area contributed by atoms with E-state index in [0.717, 1.165) is 16.1 Å². The molecule has 1 aromatic heterocycles. The van der Waals surface area contributed by atoms with Crippen LogP contribution in [-0.2, 0) is 9.59 Å². The number of anilines is 1. The lowest BCUT2D eigenvalue weighted by Gasteiger charge is -2.26. The third kappa shape index (κ3) is 5.49. The summed E-state index contributed by atoms with van der Waals surface area (Å²) in [7, 11) is 0. The number of nitrogens with one attached hydrogen (secondary N) is 2. The molecule has 6 nitrogen and oxygen atoms in total. The number of halogens is 1. The minimum absolute atomic E-state index is 0.0930. The average molecular weight is 409 g/mol. The molecule has 8 heteroatoms. The minimum Gasteiger partial charge on any atom is -0.344 e. The highest BCUT2D eigenvalue weighted by Crippen LogP contribution is 2.27. The van der Waals surface area contributed by atoms with Gasteiger partial charge in [0.05, 0.1) is 5.41 Å². The van der Waals surface area contributed by atoms with Crippen LogP contribution in [0.3, 0.4) is 0 Å². The number of hydrogen-bond acceptors (Lipinski definition) is 5. The predicted octanol–water partition coefficient (Wildman–Crippen LogP) is 3.86. The maximum atomic E-state index is 12.7. The summed E-state index contributed by atoms with van der Waals surface area (Å²) in [6, 6.07) is 7.24. The van der Waals surface area contributed by atoms with Crippen LogP contribution in [-0.4, -0.2) is 33.9 Å². The lowest BCUT2D eigenvalue weighted by atomic mass is 9.93. The normalized spacial score (nSPS) is 12.7. The van der Waals surface area contributed by atoms with Crippen molar-refractivity contribution in [2.24, 2.45) is 11.3 Å². The molecule has 0 fully saturated rings. The van der Waals surface area contributed by atoms with Crippen molar-refractivity contribution in [3.63, 3.8) is 0 Å². The topological polar surface area (TPSA) is 84.0 Å². The Balaban J connectivity index is 2.09. The van der Waals surface area contributed by atoms with Crippen molar-refractivity contribution in [3.05, 3.63) is 29.8 Å². The minimum atomic E-state index is -0.754. The molecule has 1 unspecified atom stereocenters. The van der Waals surface area contributed by atoms with E-state index in [9.17, 15) is 9.59 Å². The lowest BCUT2D eigenvalue weighted by molar-refractivity contribution is -0.132. The third-order valence-corrected chi connectivity index (χ3v) is 5.69. The van der Waals surface area contributed by atoms with E-state index >= 15 is 0 Å². The molecule has 146 valence electrons. The van der Waals surface area contributed by atoms with Crippen LogP contribution in [0.1, 0.15) is 33.3 Å². The van der Waals surface area contributed by atoms with Gasteiger partial charge in [-0.15, -0.1) is 21.8 Å². The Hall–Kier alpha value is -1.99. The fourth-order valence-corrected chi connectivity index (χ4v) is 3.08. The number of alkyl halides is 1. The molecule has 27 heavy (non-hydrogen) atoms. The molecule has 1 aromatic carbocycles. The Labute approximate surface area is 168 Å². The van der Waals surface area contributed by atoms with E-state index in [4.69, 9.17) is 11.6 Å². The van der Waals surface area contributed by atoms with Gasteiger partial charge >= 0.3 is 0 Å². The van der Waals surface area contributed by atoms with Crippen molar-refractivity contribution in [2.45, 2.75) is 40.7 Å². The summed E-state index contributed by atoms with van der Waals surface area (Å²) in [5.41, 5.74) is 1.35. The molecule has 0 bridgehead atoms. The second kappa shape index (κ2) is 8.80. The van der Waals surface area contributed by atoms with E-state index < -0.39 is 11.5 Å². The molecule has 0 spiro atoms. The van der Waals surface area contributed by atoms with Crippen LogP contribution in [0.2, 0.25) is 0 Å². The van der Waals surface area contributed by atoms with Crippen LogP contribution in [0.4, 0.5) is 5.13 Å². The Morgan fingerprint density at radius 2 is 1.81 bits per heavy atom. The van der Waals surface area contributed by atoms with Crippen LogP contribution in [0.15, 0.2) is 24.3 Å². The molecule has 0 aliphatic rings. The molecule has 0 aliphatic heterocycles. The highest BCUT2D eigenvalue weighted by molar-refractivity contribution is 7.18. The zero-order valence-electron chi connectivity index (χ0n) is 16.2. The van der Waals surface area contributed by atoms with Crippen LogP contribution < -0.4 is 10.6 Å². The maximum absolute atomic E-state index is 12.7. The number of carbonyl (C=O) groups excluding carboxylic acids is 2. The van der Waals surface area contributed by atoms with Crippen LogP contribution in [0, 0.1) is 18.3 Å². The van der Waals surface area contributed by atoms with E-state index in [1.54, 1.807) is 13.8 Å². The summed E-state index contributed by atoms with van der Waals surface area (Å²) >= 11 is 7.14. The molecule has 1 atom stereocenters. The van der Waals surface area contributed by atoms with Crippen LogP contribution >= 0.6 is 22.9 Å². The molecule has 2 amide bonds. The van der Waals surface area contributed by atoms with Gasteiger partial charge in [0.25, 0.3) is 0 Å². The standard InChI is InChI=1S/C19H25ClN4O2S/c1-11(2)14(21-17(26)19(4,5)10-20)15(25)22-18-24-23-16(27-18)13-8-6-12(3)7-9-13/h6-9,11,14H,10H2,1-5H3,(H,21,26)(H,22,24,25). The van der Waals surface area contributed by atoms with E-state index in [0.29, 0.717) is 5.13 Å². The van der Waals surface area contributed by atoms with Gasteiger partial charge < -0.3 is 5.32 Å². The Morgan fingerprint density at radius 1 is 1.19 bits per heavy atom. The molecule has 0 saturated heterocycles. The maximum Gasteiger partial charge on any atom is 0.249 e. The number of hydrogen-bond donors (Lipinski definition) is 2. The summed E-state index contributed by atoms with van der Waals surface area (Å²) in [4.78, 5) is 25.1. The Bertz CT molecular complexity index is 802. The molecule has 2 N–H and O–H groups in total. The second-order valence-corrected chi connectivity index (χ2v) is 8.73. The molecule has 0 aliphatic carbocycles. The highest BCUT2D eigenvalue weighted by Gasteiger charge is 2.32. The fraction of sp³-hybridized carbons (Fsp3) is 0.474. The van der Waals surface area contributed by atoms with Crippen molar-refractivity contribution in [2.75, 3.05) is 11.2 Å². The molecule has 2 rings (SSSR count). The van der Waals surface area contributed by atoms with E-state index in [1.165, 1.54) is 11.3 Å². The first-order valence-electron chi connectivity index (χ1n) is 8.72. The van der Waals surface area contributed by atoms with Gasteiger partial charge in [-0.1, -0.05) is 55.0 Å². The second-order valence-electron chi connectivity index (χ2n) is 7.48. The number of aryl methyl sites for hydroxylation is 1. The van der Waals surface area contributed by atoms with Gasteiger partial charge in [0.15, 0.2) is 0 Å². The number of carbonyl (C=O) groups is 2. The van der Waals surface area contributed by atoms with Gasteiger partial charge in [-0.3, -0.25) is 14.9 Å². The fourth-order valence-electron chi connectivity index (χ4n) is 2.20. The van der Waals surface area contributed by atoms with Crippen LogP contribution in [0.25, 0.3) is 10.6 Å². The summed E-state index contributed by atoms with van der Waals surface area (Å²) in [5.74, 6) is -0.509. The molecular weight excluding hydrogens is 384 g/mol. The average Bonchev–Trinajstić information content (AvgIpc) is 3.07. The van der Waals surface area contributed by atoms with Gasteiger partial charge in [0, 0.05) is 11.4 Å². The van der Waals surface area contributed by atoms with Crippen molar-refractivity contribution in [1.29, 1.82) is 0 Å². The smallest absolute Gasteiger partial charge is 0.249 e. The number of nitrogens with zero attached hydrogens (tertiary/aromatic N) is 2. The number of benzene rings is 1. The zero-order chi connectivity index (χ0) is 20.2. The van der Waals surface area contributed by atoms with E-state index in [-0.39, 0.29) is 23.6 Å². The first kappa shape index (κ1) is 21.3. The molecular formula is C19H25ClN4O2S. The summed E-state index contributed by atoms with van der Waals surface area (Å²) in [6.07, 6.45) is 0. The SMILES string of the molecule is Cc1ccc(-c2nnc(NC(=O)C(NC(=O)C(C)(C)CCl)C(C)C)s2)cc1. The van der Waals surface area contributed by atoms with E-state index in [1.807, 2.05) is 45.0 Å². The van der Waals surface area contributed by atoms with Gasteiger partial charge in [-0.25, -0.2) is 0 Å². The Kier molecular flexibility index (Phi) is 6.95. The van der Waals surface area contributed by atoms with Crippen LogP contribution in [0.5, 0.6) is 0 Å². The van der Waals surface area contributed by atoms with Gasteiger partial charge in [-0.2, -0.15) is 0 Å². The number of aromatic nitrogens is 2. The first-order valence-corrected chi connectivity index (χ1v) is 10.1. The van der Waals surface area contributed by atoms with Gasteiger partial charge in [0.1, 0.15) is 11.0 Å². The van der Waals surface area contributed by atoms with Crippen molar-refractivity contribution < 1.29 is 9.59 Å². The number of amides is 2. The van der Waals surface area contributed by atoms with Crippen molar-refractivity contribution in [3.8, 4) is 10.6 Å². The van der Waals surface area contributed by atoms with Gasteiger partial charge in [-0.05, 0) is 26.7 Å². The zero-order valence-corrected chi connectivity index (χ0v) is 17.7. The molecule has 2 aromatic rings. The van der Waals surface area contributed by atoms with Crippen molar-refractivity contribution >= 4 is 39.9 Å². The predicted molar refractivity (Wildman–Crippen MR) is 110 cm³/mol. The third-order valence-electron chi connectivity index (χ3n) is 4.14. The lowest BCUT2D eigenvalue weighted by Crippen LogP contribution is -2.51. The first-order chi connectivity index (χ1) is 12.6. The molecule has 1 heterocycles. The number of rotatable bonds is 7. The Morgan fingerprint density at radius 3 is 2.37 bits per heavy atom. The summed E-state index contributed by atoms with van der Waals surface area (Å²) in [5, 5.41) is 14.8. The summed E-state index contributed by atoms with van der Waals surface area (Å²) < 4.78 is 0.